The molecule has 3 rings (SSSR count). The van der Waals surface area contributed by atoms with Gasteiger partial charge >= 0.3 is 0 Å². The molecule has 1 unspecified atom stereocenters. The predicted octanol–water partition coefficient (Wildman–Crippen LogP) is 3.97. The molecule has 6 heteroatoms. The highest BCUT2D eigenvalue weighted by Crippen LogP contribution is 2.24. The van der Waals surface area contributed by atoms with Gasteiger partial charge in [-0.05, 0) is 53.9 Å². The SMILES string of the molecule is COc1ccc(CC(NS(=O)(=O)c2ccccc2)c2ccc(OC)cc2)cc1. The monoisotopic (exact) mass is 397 g/mol. The fraction of sp³-hybridized carbons (Fsp3) is 0.182. The van der Waals surface area contributed by atoms with Gasteiger partial charge in [0.15, 0.2) is 0 Å². The summed E-state index contributed by atoms with van der Waals surface area (Å²) in [6.07, 6.45) is 0.502. The Labute approximate surface area is 166 Å². The molecule has 0 heterocycles. The lowest BCUT2D eigenvalue weighted by Crippen LogP contribution is -2.30. The van der Waals surface area contributed by atoms with Gasteiger partial charge in [0.05, 0.1) is 25.2 Å². The zero-order chi connectivity index (χ0) is 20.0. The largest absolute Gasteiger partial charge is 0.497 e. The van der Waals surface area contributed by atoms with Crippen molar-refractivity contribution in [2.75, 3.05) is 14.2 Å². The second-order valence-corrected chi connectivity index (χ2v) is 8.03. The normalized spacial score (nSPS) is 12.4. The maximum Gasteiger partial charge on any atom is 0.241 e. The van der Waals surface area contributed by atoms with Gasteiger partial charge in [-0.2, -0.15) is 0 Å². The number of sulfonamides is 1. The van der Waals surface area contributed by atoms with Crippen LogP contribution in [0.4, 0.5) is 0 Å². The van der Waals surface area contributed by atoms with E-state index < -0.39 is 16.1 Å². The summed E-state index contributed by atoms with van der Waals surface area (Å²) in [4.78, 5) is 0.239. The van der Waals surface area contributed by atoms with Crippen molar-refractivity contribution in [2.24, 2.45) is 0 Å². The van der Waals surface area contributed by atoms with Crippen molar-refractivity contribution < 1.29 is 17.9 Å². The number of methoxy groups -OCH3 is 2. The van der Waals surface area contributed by atoms with Crippen molar-refractivity contribution in [1.82, 2.24) is 4.72 Å². The number of hydrogen-bond donors (Lipinski definition) is 1. The van der Waals surface area contributed by atoms with Gasteiger partial charge in [0.25, 0.3) is 0 Å². The fourth-order valence-corrected chi connectivity index (χ4v) is 4.16. The van der Waals surface area contributed by atoms with E-state index in [1.165, 1.54) is 0 Å². The minimum Gasteiger partial charge on any atom is -0.497 e. The second kappa shape index (κ2) is 8.91. The van der Waals surface area contributed by atoms with Crippen LogP contribution in [0, 0.1) is 0 Å². The molecule has 0 spiro atoms. The highest BCUT2D eigenvalue weighted by Gasteiger charge is 2.22. The molecule has 28 heavy (non-hydrogen) atoms. The van der Waals surface area contributed by atoms with E-state index in [1.54, 1.807) is 44.6 Å². The van der Waals surface area contributed by atoms with E-state index in [4.69, 9.17) is 9.47 Å². The molecule has 3 aromatic rings. The maximum atomic E-state index is 12.9. The molecule has 146 valence electrons. The third-order valence-corrected chi connectivity index (χ3v) is 5.96. The topological polar surface area (TPSA) is 64.6 Å². The maximum absolute atomic E-state index is 12.9. The van der Waals surface area contributed by atoms with Gasteiger partial charge in [-0.15, -0.1) is 0 Å². The first kappa shape index (κ1) is 19.9. The first-order valence-corrected chi connectivity index (χ1v) is 10.3. The number of nitrogens with one attached hydrogen (secondary N) is 1. The fourth-order valence-electron chi connectivity index (χ4n) is 2.92. The molecule has 0 aromatic heterocycles. The molecule has 0 fully saturated rings. The quantitative estimate of drug-likeness (QED) is 0.625. The molecule has 0 aliphatic rings. The van der Waals surface area contributed by atoms with Gasteiger partial charge in [0.1, 0.15) is 11.5 Å². The van der Waals surface area contributed by atoms with Crippen LogP contribution in [-0.2, 0) is 16.4 Å². The van der Waals surface area contributed by atoms with Crippen LogP contribution in [0.3, 0.4) is 0 Å². The van der Waals surface area contributed by atoms with Crippen molar-refractivity contribution >= 4 is 10.0 Å². The van der Waals surface area contributed by atoms with Crippen molar-refractivity contribution in [3.05, 3.63) is 90.0 Å². The van der Waals surface area contributed by atoms with Crippen LogP contribution in [0.25, 0.3) is 0 Å². The molecular formula is C22H23NO4S. The highest BCUT2D eigenvalue weighted by molar-refractivity contribution is 7.89. The summed E-state index contributed by atoms with van der Waals surface area (Å²) in [7, 11) is -0.449. The predicted molar refractivity (Wildman–Crippen MR) is 109 cm³/mol. The minimum absolute atomic E-state index is 0.239. The number of benzene rings is 3. The number of rotatable bonds is 8. The summed E-state index contributed by atoms with van der Waals surface area (Å²) in [5.41, 5.74) is 1.86. The third-order valence-electron chi connectivity index (χ3n) is 4.47. The molecular weight excluding hydrogens is 374 g/mol. The van der Waals surface area contributed by atoms with Gasteiger partial charge in [0.2, 0.25) is 10.0 Å². The number of hydrogen-bond acceptors (Lipinski definition) is 4. The Kier molecular flexibility index (Phi) is 6.34. The first-order valence-electron chi connectivity index (χ1n) is 8.86. The summed E-state index contributed by atoms with van der Waals surface area (Å²) in [5.74, 6) is 1.48. The Morgan fingerprint density at radius 1 is 0.786 bits per heavy atom. The van der Waals surface area contributed by atoms with E-state index in [2.05, 4.69) is 4.72 Å². The van der Waals surface area contributed by atoms with Crippen LogP contribution in [-0.4, -0.2) is 22.6 Å². The summed E-state index contributed by atoms with van der Waals surface area (Å²) in [6, 6.07) is 23.0. The van der Waals surface area contributed by atoms with Crippen molar-refractivity contribution in [1.29, 1.82) is 0 Å². The van der Waals surface area contributed by atoms with Crippen LogP contribution < -0.4 is 14.2 Å². The molecule has 0 saturated heterocycles. The molecule has 0 aliphatic carbocycles. The molecule has 1 N–H and O–H groups in total. The Morgan fingerprint density at radius 2 is 1.32 bits per heavy atom. The molecule has 0 amide bonds. The van der Waals surface area contributed by atoms with Crippen LogP contribution in [0.15, 0.2) is 83.8 Å². The summed E-state index contributed by atoms with van der Waals surface area (Å²) < 4.78 is 39.0. The van der Waals surface area contributed by atoms with Crippen molar-refractivity contribution in [3.8, 4) is 11.5 Å². The van der Waals surface area contributed by atoms with E-state index in [0.717, 1.165) is 22.6 Å². The minimum atomic E-state index is -3.66. The van der Waals surface area contributed by atoms with Gasteiger partial charge < -0.3 is 9.47 Å². The molecule has 0 saturated carbocycles. The molecule has 0 aliphatic heterocycles. The van der Waals surface area contributed by atoms with Crippen LogP contribution >= 0.6 is 0 Å². The molecule has 5 nitrogen and oxygen atoms in total. The summed E-state index contributed by atoms with van der Waals surface area (Å²) >= 11 is 0. The third kappa shape index (κ3) is 4.91. The highest BCUT2D eigenvalue weighted by atomic mass is 32.2. The zero-order valence-corrected chi connectivity index (χ0v) is 16.6. The molecule has 3 aromatic carbocycles. The van der Waals surface area contributed by atoms with Gasteiger partial charge in [-0.3, -0.25) is 0 Å². The van der Waals surface area contributed by atoms with Crippen molar-refractivity contribution in [2.45, 2.75) is 17.4 Å². The van der Waals surface area contributed by atoms with E-state index in [0.29, 0.717) is 6.42 Å². The lowest BCUT2D eigenvalue weighted by molar-refractivity contribution is 0.414. The standard InChI is InChI=1S/C22H23NO4S/c1-26-19-12-8-17(9-13-19)16-22(18-10-14-20(27-2)15-11-18)23-28(24,25)21-6-4-3-5-7-21/h3-15,22-23H,16H2,1-2H3. The van der Waals surface area contributed by atoms with Gasteiger partial charge in [-0.1, -0.05) is 42.5 Å². The number of ether oxygens (including phenoxy) is 2. The van der Waals surface area contributed by atoms with E-state index in [9.17, 15) is 8.42 Å². The zero-order valence-electron chi connectivity index (χ0n) is 15.8. The van der Waals surface area contributed by atoms with E-state index in [1.807, 2.05) is 48.5 Å². The smallest absolute Gasteiger partial charge is 0.241 e. The second-order valence-electron chi connectivity index (χ2n) is 6.31. The summed E-state index contributed by atoms with van der Waals surface area (Å²) in [5, 5.41) is 0. The Morgan fingerprint density at radius 3 is 1.86 bits per heavy atom. The molecule has 0 bridgehead atoms. The Bertz CT molecular complexity index is 985. The Hall–Kier alpha value is -2.83. The summed E-state index contributed by atoms with van der Waals surface area (Å²) in [6.45, 7) is 0. The molecule has 1 atom stereocenters. The van der Waals surface area contributed by atoms with Crippen LogP contribution in [0.2, 0.25) is 0 Å². The molecule has 0 radical (unpaired) electrons. The van der Waals surface area contributed by atoms with Gasteiger partial charge in [-0.25, -0.2) is 13.1 Å². The van der Waals surface area contributed by atoms with Crippen LogP contribution in [0.1, 0.15) is 17.2 Å². The van der Waals surface area contributed by atoms with Gasteiger partial charge in [0, 0.05) is 0 Å². The Balaban J connectivity index is 1.91. The lowest BCUT2D eigenvalue weighted by atomic mass is 9.99. The van der Waals surface area contributed by atoms with E-state index in [-0.39, 0.29) is 4.90 Å². The lowest BCUT2D eigenvalue weighted by Gasteiger charge is -2.20. The average molecular weight is 397 g/mol. The first-order chi connectivity index (χ1) is 13.5. The van der Waals surface area contributed by atoms with Crippen molar-refractivity contribution in [3.63, 3.8) is 0 Å². The average Bonchev–Trinajstić information content (AvgIpc) is 2.74. The van der Waals surface area contributed by atoms with E-state index >= 15 is 0 Å². The van der Waals surface area contributed by atoms with Crippen LogP contribution in [0.5, 0.6) is 11.5 Å².